The zero-order chi connectivity index (χ0) is 15.6. The van der Waals surface area contributed by atoms with Crippen LogP contribution in [-0.2, 0) is 10.0 Å². The van der Waals surface area contributed by atoms with Gasteiger partial charge in [0.2, 0.25) is 10.0 Å². The van der Waals surface area contributed by atoms with Crippen LogP contribution in [0, 0.1) is 0 Å². The SMILES string of the molecule is CCN(C1CCCC1)S(=O)(=O)c1ccc(C(=O)O)c(Cl)c1. The number of rotatable bonds is 5. The molecule has 1 aliphatic rings. The Morgan fingerprint density at radius 1 is 1.38 bits per heavy atom. The summed E-state index contributed by atoms with van der Waals surface area (Å²) in [6.45, 7) is 2.20. The third-order valence-electron chi connectivity index (χ3n) is 3.82. The van der Waals surface area contributed by atoms with Gasteiger partial charge in [0.1, 0.15) is 0 Å². The minimum absolute atomic E-state index is 0.0259. The Balaban J connectivity index is 2.38. The van der Waals surface area contributed by atoms with Crippen LogP contribution in [0.1, 0.15) is 43.0 Å². The Kier molecular flexibility index (Phi) is 4.91. The number of sulfonamides is 1. The first kappa shape index (κ1) is 16.3. The van der Waals surface area contributed by atoms with E-state index in [4.69, 9.17) is 16.7 Å². The average Bonchev–Trinajstić information content (AvgIpc) is 2.92. The van der Waals surface area contributed by atoms with E-state index in [2.05, 4.69) is 0 Å². The fourth-order valence-corrected chi connectivity index (χ4v) is 4.83. The number of benzene rings is 1. The number of hydrogen-bond acceptors (Lipinski definition) is 3. The lowest BCUT2D eigenvalue weighted by atomic mass is 10.2. The summed E-state index contributed by atoms with van der Waals surface area (Å²) in [4.78, 5) is 11.0. The molecule has 0 spiro atoms. The number of carboxylic acids is 1. The Bertz CT molecular complexity index is 638. The van der Waals surface area contributed by atoms with Crippen molar-refractivity contribution in [3.05, 3.63) is 28.8 Å². The molecule has 116 valence electrons. The van der Waals surface area contributed by atoms with Crippen LogP contribution >= 0.6 is 11.6 Å². The molecule has 5 nitrogen and oxygen atoms in total. The van der Waals surface area contributed by atoms with E-state index in [1.54, 1.807) is 0 Å². The summed E-state index contributed by atoms with van der Waals surface area (Å²) in [7, 11) is -3.64. The van der Waals surface area contributed by atoms with E-state index in [1.165, 1.54) is 22.5 Å². The first-order chi connectivity index (χ1) is 9.87. The van der Waals surface area contributed by atoms with Crippen LogP contribution in [0.2, 0.25) is 5.02 Å². The molecule has 0 bridgehead atoms. The number of nitrogens with zero attached hydrogens (tertiary/aromatic N) is 1. The maximum atomic E-state index is 12.7. The highest BCUT2D eigenvalue weighted by Gasteiger charge is 2.32. The van der Waals surface area contributed by atoms with E-state index in [1.807, 2.05) is 6.92 Å². The van der Waals surface area contributed by atoms with Gasteiger partial charge in [-0.15, -0.1) is 0 Å². The molecule has 21 heavy (non-hydrogen) atoms. The minimum Gasteiger partial charge on any atom is -0.478 e. The number of carbonyl (C=O) groups is 1. The van der Waals surface area contributed by atoms with Gasteiger partial charge < -0.3 is 5.11 Å². The predicted molar refractivity (Wildman–Crippen MR) is 80.2 cm³/mol. The van der Waals surface area contributed by atoms with Crippen LogP contribution in [-0.4, -0.2) is 36.4 Å². The summed E-state index contributed by atoms with van der Waals surface area (Å²) in [5.41, 5.74) is -0.0977. The molecule has 0 heterocycles. The molecule has 2 rings (SSSR count). The molecule has 1 fully saturated rings. The second-order valence-electron chi connectivity index (χ2n) is 5.09. The molecule has 0 aliphatic heterocycles. The average molecular weight is 332 g/mol. The van der Waals surface area contributed by atoms with Crippen molar-refractivity contribution in [2.75, 3.05) is 6.54 Å². The zero-order valence-corrected chi connectivity index (χ0v) is 13.3. The van der Waals surface area contributed by atoms with E-state index in [9.17, 15) is 13.2 Å². The number of halogens is 1. The normalized spacial score (nSPS) is 16.5. The quantitative estimate of drug-likeness (QED) is 0.900. The molecule has 0 saturated heterocycles. The van der Waals surface area contributed by atoms with Crippen molar-refractivity contribution in [3.8, 4) is 0 Å². The van der Waals surface area contributed by atoms with Crippen molar-refractivity contribution in [2.24, 2.45) is 0 Å². The fraction of sp³-hybridized carbons (Fsp3) is 0.500. The summed E-state index contributed by atoms with van der Waals surface area (Å²) in [5, 5.41) is 8.88. The monoisotopic (exact) mass is 331 g/mol. The lowest BCUT2D eigenvalue weighted by molar-refractivity contribution is 0.0697. The summed E-state index contributed by atoms with van der Waals surface area (Å²) < 4.78 is 26.9. The minimum atomic E-state index is -3.64. The molecular weight excluding hydrogens is 314 g/mol. The molecule has 1 aromatic carbocycles. The molecule has 0 unspecified atom stereocenters. The van der Waals surface area contributed by atoms with E-state index >= 15 is 0 Å². The summed E-state index contributed by atoms with van der Waals surface area (Å²) >= 11 is 5.87. The number of hydrogen-bond donors (Lipinski definition) is 1. The predicted octanol–water partition coefficient (Wildman–Crippen LogP) is 2.99. The molecule has 1 aliphatic carbocycles. The molecule has 0 amide bonds. The third-order valence-corrected chi connectivity index (χ3v) is 6.16. The first-order valence-corrected chi connectivity index (χ1v) is 8.74. The van der Waals surface area contributed by atoms with E-state index < -0.39 is 16.0 Å². The molecule has 7 heteroatoms. The molecular formula is C14H18ClNO4S. The van der Waals surface area contributed by atoms with Crippen molar-refractivity contribution in [2.45, 2.75) is 43.5 Å². The standard InChI is InChI=1S/C14H18ClNO4S/c1-2-16(10-5-3-4-6-10)21(19,20)11-7-8-12(14(17)18)13(15)9-11/h7-10H,2-6H2,1H3,(H,17,18). The Morgan fingerprint density at radius 2 is 2.00 bits per heavy atom. The van der Waals surface area contributed by atoms with Gasteiger partial charge in [0.05, 0.1) is 15.5 Å². The second-order valence-corrected chi connectivity index (χ2v) is 7.39. The molecule has 1 N–H and O–H groups in total. The molecule has 0 aromatic heterocycles. The number of aromatic carboxylic acids is 1. The van der Waals surface area contributed by atoms with E-state index in [0.717, 1.165) is 25.7 Å². The lowest BCUT2D eigenvalue weighted by Crippen LogP contribution is -2.38. The van der Waals surface area contributed by atoms with Crippen molar-refractivity contribution >= 4 is 27.6 Å². The fourth-order valence-electron chi connectivity index (χ4n) is 2.78. The van der Waals surface area contributed by atoms with Crippen LogP contribution in [0.4, 0.5) is 0 Å². The first-order valence-electron chi connectivity index (χ1n) is 6.92. The summed E-state index contributed by atoms with van der Waals surface area (Å²) in [5.74, 6) is -1.17. The maximum absolute atomic E-state index is 12.7. The topological polar surface area (TPSA) is 74.7 Å². The van der Waals surface area contributed by atoms with Crippen molar-refractivity contribution in [1.29, 1.82) is 0 Å². The Labute approximate surface area is 129 Å². The Hall–Kier alpha value is -1.11. The van der Waals surface area contributed by atoms with Gasteiger partial charge in [-0.3, -0.25) is 0 Å². The molecule has 0 atom stereocenters. The zero-order valence-electron chi connectivity index (χ0n) is 11.8. The highest BCUT2D eigenvalue weighted by atomic mass is 35.5. The van der Waals surface area contributed by atoms with Gasteiger partial charge in [-0.25, -0.2) is 13.2 Å². The van der Waals surface area contributed by atoms with Crippen molar-refractivity contribution in [3.63, 3.8) is 0 Å². The molecule has 1 aromatic rings. The van der Waals surface area contributed by atoms with Crippen LogP contribution in [0.25, 0.3) is 0 Å². The van der Waals surface area contributed by atoms with Crippen molar-refractivity contribution in [1.82, 2.24) is 4.31 Å². The van der Waals surface area contributed by atoms with Crippen LogP contribution in [0.15, 0.2) is 23.1 Å². The van der Waals surface area contributed by atoms with Gasteiger partial charge in [0.25, 0.3) is 0 Å². The highest BCUT2D eigenvalue weighted by molar-refractivity contribution is 7.89. The number of carboxylic acid groups (broad SMARTS) is 1. The van der Waals surface area contributed by atoms with Gasteiger partial charge in [-0.1, -0.05) is 31.4 Å². The van der Waals surface area contributed by atoms with Gasteiger partial charge in [0, 0.05) is 12.6 Å². The second kappa shape index (κ2) is 6.34. The van der Waals surface area contributed by atoms with Gasteiger partial charge in [-0.2, -0.15) is 4.31 Å². The molecule has 1 saturated carbocycles. The molecule has 0 radical (unpaired) electrons. The smallest absolute Gasteiger partial charge is 0.337 e. The van der Waals surface area contributed by atoms with Crippen LogP contribution in [0.3, 0.4) is 0 Å². The van der Waals surface area contributed by atoms with Crippen molar-refractivity contribution < 1.29 is 18.3 Å². The lowest BCUT2D eigenvalue weighted by Gasteiger charge is -2.26. The van der Waals surface area contributed by atoms with Gasteiger partial charge >= 0.3 is 5.97 Å². The van der Waals surface area contributed by atoms with E-state index in [-0.39, 0.29) is 21.5 Å². The maximum Gasteiger partial charge on any atom is 0.337 e. The highest BCUT2D eigenvalue weighted by Crippen LogP contribution is 2.30. The summed E-state index contributed by atoms with van der Waals surface area (Å²) in [6.07, 6.45) is 3.81. The van der Waals surface area contributed by atoms with Gasteiger partial charge in [-0.05, 0) is 31.0 Å². The Morgan fingerprint density at radius 3 is 2.48 bits per heavy atom. The largest absolute Gasteiger partial charge is 0.478 e. The summed E-state index contributed by atoms with van der Waals surface area (Å²) in [6, 6.07) is 3.79. The van der Waals surface area contributed by atoms with E-state index in [0.29, 0.717) is 6.54 Å². The third kappa shape index (κ3) is 3.22. The van der Waals surface area contributed by atoms with Crippen LogP contribution in [0.5, 0.6) is 0 Å². The van der Waals surface area contributed by atoms with Gasteiger partial charge in [0.15, 0.2) is 0 Å². The van der Waals surface area contributed by atoms with Crippen LogP contribution < -0.4 is 0 Å².